The van der Waals surface area contributed by atoms with Gasteiger partial charge in [-0.2, -0.15) is 0 Å². The SMILES string of the molecule is CC(=O)c1cccc(NC(=O)c2cccc(Oc3ccc([N+](=O)[O-])cc3)c2)c1. The molecule has 0 radical (unpaired) electrons. The Kier molecular flexibility index (Phi) is 5.45. The normalized spacial score (nSPS) is 10.2. The van der Waals surface area contributed by atoms with Crippen molar-refractivity contribution in [2.75, 3.05) is 5.32 Å². The summed E-state index contributed by atoms with van der Waals surface area (Å²) in [5.41, 5.74) is 1.35. The van der Waals surface area contributed by atoms with E-state index < -0.39 is 4.92 Å². The summed E-state index contributed by atoms with van der Waals surface area (Å²) >= 11 is 0. The summed E-state index contributed by atoms with van der Waals surface area (Å²) in [6, 6.07) is 18.9. The van der Waals surface area contributed by atoms with Crippen molar-refractivity contribution < 1.29 is 19.2 Å². The van der Waals surface area contributed by atoms with Gasteiger partial charge in [0, 0.05) is 28.9 Å². The molecule has 3 aromatic carbocycles. The van der Waals surface area contributed by atoms with E-state index in [1.54, 1.807) is 48.5 Å². The van der Waals surface area contributed by atoms with Crippen LogP contribution in [0.5, 0.6) is 11.5 Å². The first-order valence-electron chi connectivity index (χ1n) is 8.37. The number of benzene rings is 3. The summed E-state index contributed by atoms with van der Waals surface area (Å²) in [5.74, 6) is 0.390. The number of ether oxygens (including phenoxy) is 1. The molecule has 0 unspecified atom stereocenters. The fraction of sp³-hybridized carbons (Fsp3) is 0.0476. The second-order valence-electron chi connectivity index (χ2n) is 5.97. The Balaban J connectivity index is 1.73. The lowest BCUT2D eigenvalue weighted by Gasteiger charge is -2.09. The number of anilines is 1. The molecule has 0 aliphatic rings. The van der Waals surface area contributed by atoms with Gasteiger partial charge < -0.3 is 10.1 Å². The maximum Gasteiger partial charge on any atom is 0.269 e. The van der Waals surface area contributed by atoms with Crippen molar-refractivity contribution in [2.45, 2.75) is 6.92 Å². The van der Waals surface area contributed by atoms with Crippen LogP contribution in [0.3, 0.4) is 0 Å². The molecule has 0 spiro atoms. The number of carbonyl (C=O) groups excluding carboxylic acids is 2. The fourth-order valence-corrected chi connectivity index (χ4v) is 2.49. The summed E-state index contributed by atoms with van der Waals surface area (Å²) in [6.45, 7) is 1.46. The number of hydrogen-bond acceptors (Lipinski definition) is 5. The Hall–Kier alpha value is -4.00. The summed E-state index contributed by atoms with van der Waals surface area (Å²) in [4.78, 5) is 34.2. The molecule has 3 rings (SSSR count). The molecule has 7 nitrogen and oxygen atoms in total. The zero-order chi connectivity index (χ0) is 20.1. The van der Waals surface area contributed by atoms with E-state index in [0.29, 0.717) is 28.3 Å². The van der Waals surface area contributed by atoms with E-state index in [9.17, 15) is 19.7 Å². The van der Waals surface area contributed by atoms with E-state index in [1.165, 1.54) is 31.2 Å². The number of nitrogens with zero attached hydrogens (tertiary/aromatic N) is 1. The van der Waals surface area contributed by atoms with Gasteiger partial charge >= 0.3 is 0 Å². The lowest BCUT2D eigenvalue weighted by Crippen LogP contribution is -2.12. The van der Waals surface area contributed by atoms with Crippen LogP contribution in [0.25, 0.3) is 0 Å². The number of hydrogen-bond donors (Lipinski definition) is 1. The van der Waals surface area contributed by atoms with Gasteiger partial charge in [-0.05, 0) is 49.4 Å². The van der Waals surface area contributed by atoms with Gasteiger partial charge in [0.2, 0.25) is 0 Å². The van der Waals surface area contributed by atoms with Gasteiger partial charge in [0.1, 0.15) is 11.5 Å². The Morgan fingerprint density at radius 1 is 0.893 bits per heavy atom. The van der Waals surface area contributed by atoms with Crippen molar-refractivity contribution in [1.29, 1.82) is 0 Å². The molecule has 140 valence electrons. The lowest BCUT2D eigenvalue weighted by atomic mass is 10.1. The highest BCUT2D eigenvalue weighted by atomic mass is 16.6. The maximum atomic E-state index is 12.5. The minimum atomic E-state index is -0.490. The number of carbonyl (C=O) groups is 2. The zero-order valence-corrected chi connectivity index (χ0v) is 14.9. The first kappa shape index (κ1) is 18.8. The van der Waals surface area contributed by atoms with Gasteiger partial charge in [0.25, 0.3) is 11.6 Å². The van der Waals surface area contributed by atoms with Crippen LogP contribution in [0, 0.1) is 10.1 Å². The molecule has 0 bridgehead atoms. The molecule has 28 heavy (non-hydrogen) atoms. The second kappa shape index (κ2) is 8.13. The van der Waals surface area contributed by atoms with Crippen LogP contribution >= 0.6 is 0 Å². The van der Waals surface area contributed by atoms with Crippen molar-refractivity contribution in [1.82, 2.24) is 0 Å². The van der Waals surface area contributed by atoms with Crippen molar-refractivity contribution >= 4 is 23.1 Å². The average molecular weight is 376 g/mol. The molecule has 1 N–H and O–H groups in total. The Bertz CT molecular complexity index is 1040. The van der Waals surface area contributed by atoms with Crippen LogP contribution in [0.15, 0.2) is 72.8 Å². The van der Waals surface area contributed by atoms with E-state index in [4.69, 9.17) is 4.74 Å². The standard InChI is InChI=1S/C21H16N2O5/c1-14(24)15-4-2-6-17(12-15)22-21(25)16-5-3-7-20(13-16)28-19-10-8-18(9-11-19)23(26)27/h2-13H,1H3,(H,22,25). The van der Waals surface area contributed by atoms with E-state index in [2.05, 4.69) is 5.32 Å². The third kappa shape index (κ3) is 4.59. The molecule has 0 atom stereocenters. The summed E-state index contributed by atoms with van der Waals surface area (Å²) < 4.78 is 5.66. The molecule has 0 aliphatic heterocycles. The fourth-order valence-electron chi connectivity index (χ4n) is 2.49. The number of ketones is 1. The highest BCUT2D eigenvalue weighted by Gasteiger charge is 2.10. The average Bonchev–Trinajstić information content (AvgIpc) is 2.69. The molecule has 0 saturated heterocycles. The smallest absolute Gasteiger partial charge is 0.269 e. The van der Waals surface area contributed by atoms with Crippen LogP contribution in [-0.4, -0.2) is 16.6 Å². The third-order valence-corrected chi connectivity index (χ3v) is 3.91. The van der Waals surface area contributed by atoms with Crippen molar-refractivity contribution in [3.63, 3.8) is 0 Å². The molecule has 7 heteroatoms. The monoisotopic (exact) mass is 376 g/mol. The number of rotatable bonds is 6. The Labute approximate surface area is 160 Å². The summed E-state index contributed by atoms with van der Waals surface area (Å²) in [6.07, 6.45) is 0. The number of nitro benzene ring substituents is 1. The van der Waals surface area contributed by atoms with E-state index in [1.807, 2.05) is 0 Å². The number of Topliss-reactive ketones (excluding diaryl/α,β-unsaturated/α-hetero) is 1. The minimum absolute atomic E-state index is 0.0340. The van der Waals surface area contributed by atoms with Crippen molar-refractivity contribution in [3.05, 3.63) is 94.0 Å². The molecule has 0 saturated carbocycles. The Morgan fingerprint density at radius 2 is 1.57 bits per heavy atom. The quantitative estimate of drug-likeness (QED) is 0.377. The predicted octanol–water partition coefficient (Wildman–Crippen LogP) is 4.84. The first-order chi connectivity index (χ1) is 13.4. The highest BCUT2D eigenvalue weighted by Crippen LogP contribution is 2.25. The lowest BCUT2D eigenvalue weighted by molar-refractivity contribution is -0.384. The van der Waals surface area contributed by atoms with Gasteiger partial charge in [-0.15, -0.1) is 0 Å². The molecule has 0 aromatic heterocycles. The number of non-ortho nitro benzene ring substituents is 1. The van der Waals surface area contributed by atoms with Crippen LogP contribution in [0.4, 0.5) is 11.4 Å². The van der Waals surface area contributed by atoms with Crippen molar-refractivity contribution in [3.8, 4) is 11.5 Å². The van der Waals surface area contributed by atoms with E-state index in [0.717, 1.165) is 0 Å². The first-order valence-corrected chi connectivity index (χ1v) is 8.37. The molecule has 0 fully saturated rings. The summed E-state index contributed by atoms with van der Waals surface area (Å²) in [7, 11) is 0. The minimum Gasteiger partial charge on any atom is -0.457 e. The Morgan fingerprint density at radius 3 is 2.25 bits per heavy atom. The van der Waals surface area contributed by atoms with E-state index >= 15 is 0 Å². The second-order valence-corrected chi connectivity index (χ2v) is 5.97. The van der Waals surface area contributed by atoms with Gasteiger partial charge in [-0.1, -0.05) is 18.2 Å². The van der Waals surface area contributed by atoms with Crippen LogP contribution in [0.1, 0.15) is 27.6 Å². The van der Waals surface area contributed by atoms with E-state index in [-0.39, 0.29) is 17.4 Å². The third-order valence-electron chi connectivity index (χ3n) is 3.91. The molecule has 1 amide bonds. The van der Waals surface area contributed by atoms with Gasteiger partial charge in [0.05, 0.1) is 4.92 Å². The predicted molar refractivity (Wildman–Crippen MR) is 104 cm³/mol. The summed E-state index contributed by atoms with van der Waals surface area (Å²) in [5, 5.41) is 13.4. The van der Waals surface area contributed by atoms with Crippen LogP contribution < -0.4 is 10.1 Å². The molecule has 3 aromatic rings. The molecular formula is C21H16N2O5. The molecule has 0 aliphatic carbocycles. The van der Waals surface area contributed by atoms with Crippen LogP contribution in [-0.2, 0) is 0 Å². The highest BCUT2D eigenvalue weighted by molar-refractivity contribution is 6.05. The number of nitrogens with one attached hydrogen (secondary N) is 1. The van der Waals surface area contributed by atoms with Crippen molar-refractivity contribution in [2.24, 2.45) is 0 Å². The topological polar surface area (TPSA) is 98.5 Å². The van der Waals surface area contributed by atoms with Gasteiger partial charge in [-0.3, -0.25) is 19.7 Å². The van der Waals surface area contributed by atoms with Crippen LogP contribution in [0.2, 0.25) is 0 Å². The molecular weight excluding hydrogens is 360 g/mol. The van der Waals surface area contributed by atoms with Gasteiger partial charge in [-0.25, -0.2) is 0 Å². The van der Waals surface area contributed by atoms with Gasteiger partial charge in [0.15, 0.2) is 5.78 Å². The molecule has 0 heterocycles. The largest absolute Gasteiger partial charge is 0.457 e. The number of nitro groups is 1. The maximum absolute atomic E-state index is 12.5. The zero-order valence-electron chi connectivity index (χ0n) is 14.9. The number of amides is 1.